The van der Waals surface area contributed by atoms with Crippen LogP contribution in [0.3, 0.4) is 0 Å². The Morgan fingerprint density at radius 1 is 1.22 bits per heavy atom. The van der Waals surface area contributed by atoms with Gasteiger partial charge in [0.2, 0.25) is 0 Å². The highest BCUT2D eigenvalue weighted by atomic mass is 35.5. The SMILES string of the molecule is CC(C)(C)c1cc(CNC(=O)Nc2ccc(C(O)CO)c(F)c2)n(-c2cccc(Cl)c2)n1. The number of aliphatic hydroxyl groups is 2. The first-order chi connectivity index (χ1) is 15.1. The molecule has 0 saturated heterocycles. The molecule has 2 aromatic carbocycles. The Morgan fingerprint density at radius 2 is 1.97 bits per heavy atom. The maximum atomic E-state index is 14.1. The van der Waals surface area contributed by atoms with Gasteiger partial charge in [0.15, 0.2) is 0 Å². The van der Waals surface area contributed by atoms with E-state index in [0.717, 1.165) is 23.1 Å². The molecule has 0 spiro atoms. The van der Waals surface area contributed by atoms with Gasteiger partial charge in [0, 0.05) is 21.7 Å². The predicted octanol–water partition coefficient (Wildman–Crippen LogP) is 4.31. The molecule has 4 N–H and O–H groups in total. The van der Waals surface area contributed by atoms with Crippen molar-refractivity contribution in [2.45, 2.75) is 38.8 Å². The zero-order valence-corrected chi connectivity index (χ0v) is 18.8. The van der Waals surface area contributed by atoms with Gasteiger partial charge in [-0.25, -0.2) is 13.9 Å². The molecule has 0 aliphatic carbocycles. The van der Waals surface area contributed by atoms with Crippen LogP contribution in [0.5, 0.6) is 0 Å². The third-order valence-electron chi connectivity index (χ3n) is 4.82. The zero-order chi connectivity index (χ0) is 23.5. The Kier molecular flexibility index (Phi) is 7.18. The fourth-order valence-electron chi connectivity index (χ4n) is 3.06. The number of anilines is 1. The van der Waals surface area contributed by atoms with Crippen molar-refractivity contribution in [1.82, 2.24) is 15.1 Å². The van der Waals surface area contributed by atoms with Gasteiger partial charge in [-0.1, -0.05) is 44.5 Å². The standard InChI is InChI=1S/C23H26ClFN4O3/c1-23(2,3)21-11-17(29(28-21)16-6-4-5-14(24)9-16)12-26-22(32)27-15-7-8-18(19(25)10-15)20(31)13-30/h4-11,20,30-31H,12-13H2,1-3H3,(H2,26,27,32). The monoisotopic (exact) mass is 460 g/mol. The third-order valence-corrected chi connectivity index (χ3v) is 5.06. The summed E-state index contributed by atoms with van der Waals surface area (Å²) in [4.78, 5) is 12.4. The summed E-state index contributed by atoms with van der Waals surface area (Å²) in [5.74, 6) is -0.724. The van der Waals surface area contributed by atoms with Crippen LogP contribution in [0, 0.1) is 5.82 Å². The van der Waals surface area contributed by atoms with E-state index >= 15 is 0 Å². The number of nitrogens with one attached hydrogen (secondary N) is 2. The molecule has 9 heteroatoms. The number of rotatable bonds is 6. The number of halogens is 2. The molecule has 1 atom stereocenters. The van der Waals surface area contributed by atoms with Crippen molar-refractivity contribution in [3.05, 3.63) is 76.3 Å². The third kappa shape index (κ3) is 5.64. The summed E-state index contributed by atoms with van der Waals surface area (Å²) >= 11 is 6.13. The molecule has 170 valence electrons. The van der Waals surface area contributed by atoms with E-state index in [2.05, 4.69) is 10.6 Å². The molecule has 32 heavy (non-hydrogen) atoms. The highest BCUT2D eigenvalue weighted by Gasteiger charge is 2.21. The van der Waals surface area contributed by atoms with Crippen molar-refractivity contribution in [1.29, 1.82) is 0 Å². The lowest BCUT2D eigenvalue weighted by atomic mass is 9.92. The summed E-state index contributed by atoms with van der Waals surface area (Å²) in [5, 5.41) is 29.1. The number of nitrogens with zero attached hydrogens (tertiary/aromatic N) is 2. The average Bonchev–Trinajstić information content (AvgIpc) is 3.17. The summed E-state index contributed by atoms with van der Waals surface area (Å²) in [6.45, 7) is 5.72. The lowest BCUT2D eigenvalue weighted by Gasteiger charge is -2.14. The van der Waals surface area contributed by atoms with E-state index in [9.17, 15) is 14.3 Å². The van der Waals surface area contributed by atoms with Crippen molar-refractivity contribution >= 4 is 23.3 Å². The molecule has 1 heterocycles. The highest BCUT2D eigenvalue weighted by molar-refractivity contribution is 6.30. The molecule has 0 saturated carbocycles. The van der Waals surface area contributed by atoms with Crippen LogP contribution < -0.4 is 10.6 Å². The number of benzene rings is 2. The molecular formula is C23H26ClFN4O3. The number of hydrogen-bond acceptors (Lipinski definition) is 4. The predicted molar refractivity (Wildman–Crippen MR) is 122 cm³/mol. The van der Waals surface area contributed by atoms with Gasteiger partial charge < -0.3 is 20.8 Å². The normalized spacial score (nSPS) is 12.5. The molecule has 1 aromatic heterocycles. The maximum absolute atomic E-state index is 14.1. The van der Waals surface area contributed by atoms with E-state index in [4.69, 9.17) is 21.8 Å². The van der Waals surface area contributed by atoms with Crippen LogP contribution in [-0.4, -0.2) is 32.6 Å². The number of amides is 2. The molecule has 3 rings (SSSR count). The summed E-state index contributed by atoms with van der Waals surface area (Å²) in [6.07, 6.45) is -1.32. The first-order valence-corrected chi connectivity index (χ1v) is 10.4. The number of urea groups is 1. The second-order valence-corrected chi connectivity index (χ2v) is 8.84. The molecule has 3 aromatic rings. The van der Waals surface area contributed by atoms with E-state index in [-0.39, 0.29) is 23.2 Å². The van der Waals surface area contributed by atoms with Crippen LogP contribution in [0.2, 0.25) is 5.02 Å². The Hall–Kier alpha value is -2.94. The lowest BCUT2D eigenvalue weighted by molar-refractivity contribution is 0.0926. The fourth-order valence-corrected chi connectivity index (χ4v) is 3.25. The number of carbonyl (C=O) groups excluding carboxylic acids is 1. The van der Waals surface area contributed by atoms with Crippen LogP contribution in [0.15, 0.2) is 48.5 Å². The Labute approximate surface area is 190 Å². The van der Waals surface area contributed by atoms with Crippen molar-refractivity contribution in [2.24, 2.45) is 0 Å². The zero-order valence-electron chi connectivity index (χ0n) is 18.1. The van der Waals surface area contributed by atoms with E-state index in [1.54, 1.807) is 16.8 Å². The quantitative estimate of drug-likeness (QED) is 0.440. The second-order valence-electron chi connectivity index (χ2n) is 8.40. The molecule has 0 radical (unpaired) electrons. The van der Waals surface area contributed by atoms with Crippen LogP contribution >= 0.6 is 11.6 Å². The van der Waals surface area contributed by atoms with Gasteiger partial charge >= 0.3 is 6.03 Å². The van der Waals surface area contributed by atoms with E-state index in [1.807, 2.05) is 39.0 Å². The van der Waals surface area contributed by atoms with Gasteiger partial charge in [0.25, 0.3) is 0 Å². The molecular weight excluding hydrogens is 435 g/mol. The van der Waals surface area contributed by atoms with Crippen molar-refractivity contribution in [3.8, 4) is 5.69 Å². The first kappa shape index (κ1) is 23.7. The first-order valence-electron chi connectivity index (χ1n) is 10.1. The van der Waals surface area contributed by atoms with Crippen molar-refractivity contribution in [2.75, 3.05) is 11.9 Å². The topological polar surface area (TPSA) is 99.4 Å². The molecule has 0 bridgehead atoms. The molecule has 0 aliphatic heterocycles. The minimum atomic E-state index is -1.32. The van der Waals surface area contributed by atoms with Crippen molar-refractivity contribution in [3.63, 3.8) is 0 Å². The second kappa shape index (κ2) is 9.68. The minimum absolute atomic E-state index is 0.0430. The molecule has 7 nitrogen and oxygen atoms in total. The smallest absolute Gasteiger partial charge is 0.319 e. The van der Waals surface area contributed by atoms with Gasteiger partial charge in [0.05, 0.1) is 30.2 Å². The Balaban J connectivity index is 1.75. The van der Waals surface area contributed by atoms with Gasteiger partial charge in [-0.05, 0) is 36.4 Å². The van der Waals surface area contributed by atoms with Gasteiger partial charge in [-0.15, -0.1) is 0 Å². The summed E-state index contributed by atoms with van der Waals surface area (Å²) in [6, 6.07) is 12.5. The molecule has 0 fully saturated rings. The van der Waals surface area contributed by atoms with Crippen LogP contribution in [0.4, 0.5) is 14.9 Å². The summed E-state index contributed by atoms with van der Waals surface area (Å²) in [7, 11) is 0. The van der Waals surface area contributed by atoms with Crippen LogP contribution in [0.1, 0.15) is 43.8 Å². The van der Waals surface area contributed by atoms with E-state index in [1.165, 1.54) is 12.1 Å². The largest absolute Gasteiger partial charge is 0.393 e. The number of hydrogen-bond donors (Lipinski definition) is 4. The maximum Gasteiger partial charge on any atom is 0.319 e. The van der Waals surface area contributed by atoms with Crippen LogP contribution in [-0.2, 0) is 12.0 Å². The van der Waals surface area contributed by atoms with Gasteiger partial charge in [-0.3, -0.25) is 0 Å². The highest BCUT2D eigenvalue weighted by Crippen LogP contribution is 2.25. The van der Waals surface area contributed by atoms with Crippen molar-refractivity contribution < 1.29 is 19.4 Å². The molecule has 2 amide bonds. The fraction of sp³-hybridized carbons (Fsp3) is 0.304. The summed E-state index contributed by atoms with van der Waals surface area (Å²) < 4.78 is 15.8. The Bertz CT molecular complexity index is 1110. The minimum Gasteiger partial charge on any atom is -0.393 e. The molecule has 0 aliphatic rings. The Morgan fingerprint density at radius 3 is 2.59 bits per heavy atom. The van der Waals surface area contributed by atoms with Gasteiger partial charge in [-0.2, -0.15) is 5.10 Å². The average molecular weight is 461 g/mol. The van der Waals surface area contributed by atoms with E-state index < -0.39 is 24.6 Å². The number of carbonyl (C=O) groups is 1. The van der Waals surface area contributed by atoms with Crippen LogP contribution in [0.25, 0.3) is 5.69 Å². The van der Waals surface area contributed by atoms with E-state index in [0.29, 0.717) is 5.02 Å². The van der Waals surface area contributed by atoms with Gasteiger partial charge in [0.1, 0.15) is 11.9 Å². The number of aromatic nitrogens is 2. The summed E-state index contributed by atoms with van der Waals surface area (Å²) in [5.41, 5.74) is 2.35. The number of aliphatic hydroxyl groups excluding tert-OH is 2. The molecule has 1 unspecified atom stereocenters. The lowest BCUT2D eigenvalue weighted by Crippen LogP contribution is -2.29.